The predicted molar refractivity (Wildman–Crippen MR) is 79.7 cm³/mol. The number of para-hydroxylation sites is 1. The number of carbonyl (C=O) groups is 1. The van der Waals surface area contributed by atoms with Crippen LogP contribution in [0.5, 0.6) is 0 Å². The third-order valence-corrected chi connectivity index (χ3v) is 2.65. The standard InChI is InChI=1S/C15H16N4O/c1-12(14-10-6-7-11-16-14)18-19(2)15(20)17-13-8-4-3-5-9-13/h3-11H,1-2H3,(H,17,20)/b18-12-. The van der Waals surface area contributed by atoms with Gasteiger partial charge in [-0.25, -0.2) is 9.80 Å². The van der Waals surface area contributed by atoms with Crippen molar-refractivity contribution in [2.24, 2.45) is 5.10 Å². The van der Waals surface area contributed by atoms with Gasteiger partial charge in [0.1, 0.15) is 0 Å². The van der Waals surface area contributed by atoms with E-state index < -0.39 is 0 Å². The highest BCUT2D eigenvalue weighted by atomic mass is 16.2. The molecule has 0 atom stereocenters. The van der Waals surface area contributed by atoms with Crippen LogP contribution in [0.15, 0.2) is 59.8 Å². The Morgan fingerprint density at radius 2 is 1.85 bits per heavy atom. The Morgan fingerprint density at radius 3 is 2.50 bits per heavy atom. The lowest BCUT2D eigenvalue weighted by molar-refractivity contribution is 0.224. The molecule has 0 aliphatic heterocycles. The predicted octanol–water partition coefficient (Wildman–Crippen LogP) is 2.97. The van der Waals surface area contributed by atoms with E-state index in [4.69, 9.17) is 0 Å². The van der Waals surface area contributed by atoms with E-state index >= 15 is 0 Å². The van der Waals surface area contributed by atoms with Gasteiger partial charge in [0.05, 0.1) is 11.4 Å². The Labute approximate surface area is 118 Å². The van der Waals surface area contributed by atoms with Crippen molar-refractivity contribution in [2.75, 3.05) is 12.4 Å². The number of hydrogen-bond acceptors (Lipinski definition) is 3. The van der Waals surface area contributed by atoms with Crippen LogP contribution < -0.4 is 5.32 Å². The van der Waals surface area contributed by atoms with E-state index in [-0.39, 0.29) is 6.03 Å². The molecule has 102 valence electrons. The van der Waals surface area contributed by atoms with Gasteiger partial charge < -0.3 is 5.32 Å². The topological polar surface area (TPSA) is 57.6 Å². The third-order valence-electron chi connectivity index (χ3n) is 2.65. The van der Waals surface area contributed by atoms with Crippen molar-refractivity contribution in [1.82, 2.24) is 9.99 Å². The van der Waals surface area contributed by atoms with Gasteiger partial charge in [-0.3, -0.25) is 4.98 Å². The average molecular weight is 268 g/mol. The molecule has 0 aliphatic rings. The minimum atomic E-state index is -0.300. The average Bonchev–Trinajstić information content (AvgIpc) is 2.49. The summed E-state index contributed by atoms with van der Waals surface area (Å²) in [7, 11) is 1.60. The minimum absolute atomic E-state index is 0.300. The summed E-state index contributed by atoms with van der Waals surface area (Å²) in [5.41, 5.74) is 2.15. The highest BCUT2D eigenvalue weighted by molar-refractivity contribution is 5.98. The van der Waals surface area contributed by atoms with E-state index in [0.29, 0.717) is 5.71 Å². The Hall–Kier alpha value is -2.69. The Morgan fingerprint density at radius 1 is 1.15 bits per heavy atom. The second-order valence-electron chi connectivity index (χ2n) is 4.22. The number of rotatable bonds is 3. The number of aromatic nitrogens is 1. The molecule has 0 unspecified atom stereocenters. The van der Waals surface area contributed by atoms with Gasteiger partial charge in [-0.05, 0) is 31.2 Å². The van der Waals surface area contributed by atoms with Gasteiger partial charge in [-0.15, -0.1) is 0 Å². The Kier molecular flexibility index (Phi) is 4.44. The number of amides is 2. The molecule has 2 aromatic rings. The number of pyridine rings is 1. The molecule has 0 fully saturated rings. The number of hydrazone groups is 1. The molecule has 0 saturated carbocycles. The van der Waals surface area contributed by atoms with Gasteiger partial charge >= 0.3 is 6.03 Å². The molecule has 2 amide bonds. The molecular weight excluding hydrogens is 252 g/mol. The highest BCUT2D eigenvalue weighted by Gasteiger charge is 2.08. The van der Waals surface area contributed by atoms with E-state index in [0.717, 1.165) is 11.4 Å². The number of hydrogen-bond donors (Lipinski definition) is 1. The van der Waals surface area contributed by atoms with Crippen molar-refractivity contribution < 1.29 is 4.79 Å². The maximum Gasteiger partial charge on any atom is 0.341 e. The number of carbonyl (C=O) groups excluding carboxylic acids is 1. The lowest BCUT2D eigenvalue weighted by Crippen LogP contribution is -2.28. The lowest BCUT2D eigenvalue weighted by Gasteiger charge is -2.13. The number of nitrogens with zero attached hydrogens (tertiary/aromatic N) is 3. The third kappa shape index (κ3) is 3.65. The monoisotopic (exact) mass is 268 g/mol. The Bertz CT molecular complexity index is 596. The number of anilines is 1. The van der Waals surface area contributed by atoms with Crippen molar-refractivity contribution in [3.63, 3.8) is 0 Å². The molecule has 2 rings (SSSR count). The summed E-state index contributed by atoms with van der Waals surface area (Å²) in [6.07, 6.45) is 1.69. The van der Waals surface area contributed by atoms with E-state index in [1.807, 2.05) is 55.5 Å². The van der Waals surface area contributed by atoms with Gasteiger partial charge in [0.25, 0.3) is 0 Å². The lowest BCUT2D eigenvalue weighted by atomic mass is 10.3. The van der Waals surface area contributed by atoms with Crippen LogP contribution in [0.2, 0.25) is 0 Å². The minimum Gasteiger partial charge on any atom is -0.306 e. The largest absolute Gasteiger partial charge is 0.341 e. The molecule has 1 N–H and O–H groups in total. The fraction of sp³-hybridized carbons (Fsp3) is 0.133. The Balaban J connectivity index is 2.04. The molecule has 0 saturated heterocycles. The number of urea groups is 1. The maximum atomic E-state index is 12.0. The van der Waals surface area contributed by atoms with E-state index in [2.05, 4.69) is 15.4 Å². The van der Waals surface area contributed by atoms with E-state index in [9.17, 15) is 4.79 Å². The van der Waals surface area contributed by atoms with Crippen molar-refractivity contribution in [2.45, 2.75) is 6.92 Å². The van der Waals surface area contributed by atoms with Crippen LogP contribution in [0.3, 0.4) is 0 Å². The van der Waals surface area contributed by atoms with Crippen molar-refractivity contribution in [3.8, 4) is 0 Å². The van der Waals surface area contributed by atoms with Crippen LogP contribution >= 0.6 is 0 Å². The van der Waals surface area contributed by atoms with Gasteiger partial charge in [-0.2, -0.15) is 5.10 Å². The molecule has 0 bridgehead atoms. The first-order valence-corrected chi connectivity index (χ1v) is 6.23. The zero-order valence-corrected chi connectivity index (χ0v) is 11.4. The fourth-order valence-corrected chi connectivity index (χ4v) is 1.62. The smallest absolute Gasteiger partial charge is 0.306 e. The van der Waals surface area contributed by atoms with Crippen LogP contribution in [0, 0.1) is 0 Å². The molecule has 1 aromatic heterocycles. The summed E-state index contributed by atoms with van der Waals surface area (Å²) in [4.78, 5) is 16.2. The van der Waals surface area contributed by atoms with Crippen molar-refractivity contribution >= 4 is 17.4 Å². The fourth-order valence-electron chi connectivity index (χ4n) is 1.62. The van der Waals surface area contributed by atoms with Gasteiger partial charge in [0.15, 0.2) is 0 Å². The summed E-state index contributed by atoms with van der Waals surface area (Å²) >= 11 is 0. The first-order chi connectivity index (χ1) is 9.66. The zero-order chi connectivity index (χ0) is 14.4. The molecule has 20 heavy (non-hydrogen) atoms. The second kappa shape index (κ2) is 6.47. The quantitative estimate of drug-likeness (QED) is 0.687. The van der Waals surface area contributed by atoms with E-state index in [1.54, 1.807) is 13.2 Å². The van der Waals surface area contributed by atoms with Crippen LogP contribution in [0.25, 0.3) is 0 Å². The normalized spacial score (nSPS) is 11.0. The maximum absolute atomic E-state index is 12.0. The van der Waals surface area contributed by atoms with Crippen molar-refractivity contribution in [1.29, 1.82) is 0 Å². The molecule has 5 nitrogen and oxygen atoms in total. The number of benzene rings is 1. The summed E-state index contributed by atoms with van der Waals surface area (Å²) < 4.78 is 0. The van der Waals surface area contributed by atoms with Gasteiger partial charge in [0, 0.05) is 18.9 Å². The highest BCUT2D eigenvalue weighted by Crippen LogP contribution is 2.06. The SMILES string of the molecule is C/C(=N/N(C)C(=O)Nc1ccccc1)c1ccccn1. The molecule has 0 aliphatic carbocycles. The van der Waals surface area contributed by atoms with Crippen molar-refractivity contribution in [3.05, 3.63) is 60.4 Å². The van der Waals surface area contributed by atoms with E-state index in [1.165, 1.54) is 5.01 Å². The summed E-state index contributed by atoms with van der Waals surface area (Å²) in [5, 5.41) is 8.24. The molecule has 0 radical (unpaired) electrons. The van der Waals surface area contributed by atoms with Crippen LogP contribution in [0.4, 0.5) is 10.5 Å². The summed E-state index contributed by atoms with van der Waals surface area (Å²) in [6.45, 7) is 1.81. The van der Waals surface area contributed by atoms with Crippen LogP contribution in [-0.4, -0.2) is 28.8 Å². The number of nitrogens with one attached hydrogen (secondary N) is 1. The zero-order valence-electron chi connectivity index (χ0n) is 11.4. The van der Waals surface area contributed by atoms with Gasteiger partial charge in [-0.1, -0.05) is 24.3 Å². The molecule has 1 aromatic carbocycles. The molecular formula is C15H16N4O. The first-order valence-electron chi connectivity index (χ1n) is 6.23. The van der Waals surface area contributed by atoms with Gasteiger partial charge in [0.2, 0.25) is 0 Å². The van der Waals surface area contributed by atoms with Crippen LogP contribution in [-0.2, 0) is 0 Å². The second-order valence-corrected chi connectivity index (χ2v) is 4.22. The molecule has 0 spiro atoms. The van der Waals surface area contributed by atoms with Crippen LogP contribution in [0.1, 0.15) is 12.6 Å². The first kappa shape index (κ1) is 13.7. The molecule has 1 heterocycles. The summed E-state index contributed by atoms with van der Waals surface area (Å²) in [6, 6.07) is 14.5. The summed E-state index contributed by atoms with van der Waals surface area (Å²) in [5.74, 6) is 0. The molecule has 5 heteroatoms.